The standard InChI is InChI=1S/C34H30F4N6O2S/c1-20(2)28-17-24(35)11-16-30(28)44-21(3)18-47-33(44)41-32(45)40-29-6-4-5-27(29)22-7-9-23(10-8-22)31-39-19-43(42-31)25-12-14-26(15-13-25)46-34(36,37)38/h7-20H,4-6H2,1-3H3,(H,40,45). The maximum atomic E-state index is 14.1. The third-order valence-electron chi connectivity index (χ3n) is 7.72. The third kappa shape index (κ3) is 7.19. The molecule has 13 heteroatoms. The Hall–Kier alpha value is -5.04. The molecule has 5 aromatic rings. The highest BCUT2D eigenvalue weighted by Crippen LogP contribution is 2.33. The van der Waals surface area contributed by atoms with Crippen LogP contribution < -0.4 is 14.9 Å². The van der Waals surface area contributed by atoms with Crippen LogP contribution >= 0.6 is 11.3 Å². The minimum absolute atomic E-state index is 0.0702. The van der Waals surface area contributed by atoms with Crippen molar-refractivity contribution in [2.75, 3.05) is 0 Å². The van der Waals surface area contributed by atoms with Crippen LogP contribution in [-0.2, 0) is 0 Å². The molecule has 0 atom stereocenters. The topological polar surface area (TPSA) is 86.3 Å². The Morgan fingerprint density at radius 1 is 1.02 bits per heavy atom. The summed E-state index contributed by atoms with van der Waals surface area (Å²) in [6, 6.07) is 17.2. The summed E-state index contributed by atoms with van der Waals surface area (Å²) < 4.78 is 58.7. The molecule has 0 aliphatic heterocycles. The lowest BCUT2D eigenvalue weighted by atomic mass is 10.0. The molecule has 3 aromatic carbocycles. The molecule has 242 valence electrons. The van der Waals surface area contributed by atoms with Gasteiger partial charge in [-0.2, -0.15) is 4.99 Å². The van der Waals surface area contributed by atoms with Crippen molar-refractivity contribution in [3.63, 3.8) is 0 Å². The zero-order valence-electron chi connectivity index (χ0n) is 25.7. The fourth-order valence-corrected chi connectivity index (χ4v) is 6.40. The van der Waals surface area contributed by atoms with E-state index in [9.17, 15) is 22.4 Å². The van der Waals surface area contributed by atoms with Gasteiger partial charge in [0.05, 0.1) is 11.4 Å². The van der Waals surface area contributed by atoms with Gasteiger partial charge in [-0.05, 0) is 91.3 Å². The van der Waals surface area contributed by atoms with Crippen LogP contribution in [0.15, 0.2) is 89.1 Å². The minimum atomic E-state index is -4.76. The van der Waals surface area contributed by atoms with Gasteiger partial charge in [-0.1, -0.05) is 38.1 Å². The number of hydrogen-bond acceptors (Lipinski definition) is 5. The molecule has 1 aliphatic carbocycles. The summed E-state index contributed by atoms with van der Waals surface area (Å²) in [5.74, 6) is -0.117. The number of carbonyl (C=O) groups excluding carboxylic acids is 1. The molecule has 6 rings (SSSR count). The zero-order valence-corrected chi connectivity index (χ0v) is 26.5. The van der Waals surface area contributed by atoms with Crippen LogP contribution in [0.4, 0.5) is 22.4 Å². The van der Waals surface area contributed by atoms with Crippen molar-refractivity contribution < 1.29 is 27.1 Å². The predicted molar refractivity (Wildman–Crippen MR) is 171 cm³/mol. The van der Waals surface area contributed by atoms with Crippen molar-refractivity contribution in [2.45, 2.75) is 52.3 Å². The number of nitrogens with one attached hydrogen (secondary N) is 1. The van der Waals surface area contributed by atoms with E-state index in [1.807, 2.05) is 55.0 Å². The van der Waals surface area contributed by atoms with Gasteiger partial charge in [-0.15, -0.1) is 29.6 Å². The molecule has 1 aliphatic rings. The van der Waals surface area contributed by atoms with Crippen LogP contribution in [0.3, 0.4) is 0 Å². The molecular formula is C34H30F4N6O2S. The van der Waals surface area contributed by atoms with Crippen LogP contribution in [0.5, 0.6) is 5.75 Å². The molecular weight excluding hydrogens is 632 g/mol. The van der Waals surface area contributed by atoms with Crippen LogP contribution in [0.25, 0.3) is 28.3 Å². The molecule has 47 heavy (non-hydrogen) atoms. The average Bonchev–Trinajstić information content (AvgIpc) is 3.78. The fourth-order valence-electron chi connectivity index (χ4n) is 5.54. The van der Waals surface area contributed by atoms with Gasteiger partial charge in [0.15, 0.2) is 10.6 Å². The summed E-state index contributed by atoms with van der Waals surface area (Å²) in [4.78, 5) is 22.4. The van der Waals surface area contributed by atoms with Crippen molar-refractivity contribution in [3.05, 3.63) is 112 Å². The molecule has 0 radical (unpaired) electrons. The number of benzene rings is 3. The van der Waals surface area contributed by atoms with Crippen molar-refractivity contribution in [2.24, 2.45) is 4.99 Å². The number of nitrogens with zero attached hydrogens (tertiary/aromatic N) is 5. The molecule has 0 saturated heterocycles. The van der Waals surface area contributed by atoms with Crippen molar-refractivity contribution in [1.29, 1.82) is 0 Å². The highest BCUT2D eigenvalue weighted by molar-refractivity contribution is 7.07. The van der Waals surface area contributed by atoms with Gasteiger partial charge in [-0.3, -0.25) is 4.57 Å². The Bertz CT molecular complexity index is 2020. The highest BCUT2D eigenvalue weighted by Gasteiger charge is 2.31. The number of carbonyl (C=O) groups is 1. The number of aromatic nitrogens is 4. The van der Waals surface area contributed by atoms with E-state index < -0.39 is 12.4 Å². The maximum Gasteiger partial charge on any atom is 0.573 e. The van der Waals surface area contributed by atoms with Crippen molar-refractivity contribution in [1.82, 2.24) is 24.6 Å². The van der Waals surface area contributed by atoms with Crippen LogP contribution in [0.2, 0.25) is 0 Å². The molecule has 0 unspecified atom stereocenters. The second kappa shape index (κ2) is 13.0. The predicted octanol–water partition coefficient (Wildman–Crippen LogP) is 8.46. The minimum Gasteiger partial charge on any atom is -0.406 e. The molecule has 0 saturated carbocycles. The number of amides is 2. The first-order valence-corrected chi connectivity index (χ1v) is 15.8. The van der Waals surface area contributed by atoms with Gasteiger partial charge in [0.1, 0.15) is 17.9 Å². The maximum absolute atomic E-state index is 14.1. The summed E-state index contributed by atoms with van der Waals surface area (Å²) in [6.07, 6.45) is -0.896. The summed E-state index contributed by atoms with van der Waals surface area (Å²) in [5.41, 5.74) is 6.58. The first-order chi connectivity index (χ1) is 22.4. The number of hydrogen-bond donors (Lipinski definition) is 1. The van der Waals surface area contributed by atoms with E-state index in [2.05, 4.69) is 25.1 Å². The number of rotatable bonds is 7. The zero-order chi connectivity index (χ0) is 33.3. The van der Waals surface area contributed by atoms with E-state index in [-0.39, 0.29) is 17.5 Å². The summed E-state index contributed by atoms with van der Waals surface area (Å²) in [7, 11) is 0. The largest absolute Gasteiger partial charge is 0.573 e. The fraction of sp³-hybridized carbons (Fsp3) is 0.235. The second-order valence-corrected chi connectivity index (χ2v) is 12.2. The van der Waals surface area contributed by atoms with Gasteiger partial charge in [0.25, 0.3) is 0 Å². The normalized spacial score (nSPS) is 13.9. The van der Waals surface area contributed by atoms with E-state index in [1.54, 1.807) is 6.07 Å². The number of aryl methyl sites for hydroxylation is 1. The smallest absolute Gasteiger partial charge is 0.406 e. The molecule has 0 bridgehead atoms. The Balaban J connectivity index is 1.19. The third-order valence-corrected chi connectivity index (χ3v) is 8.67. The number of halogens is 4. The van der Waals surface area contributed by atoms with Crippen LogP contribution in [0.1, 0.15) is 55.8 Å². The molecule has 2 heterocycles. The van der Waals surface area contributed by atoms with E-state index in [4.69, 9.17) is 0 Å². The summed E-state index contributed by atoms with van der Waals surface area (Å²) in [6.45, 7) is 5.92. The Morgan fingerprint density at radius 3 is 2.45 bits per heavy atom. The lowest BCUT2D eigenvalue weighted by Gasteiger charge is -2.15. The Morgan fingerprint density at radius 2 is 1.74 bits per heavy atom. The van der Waals surface area contributed by atoms with Crippen molar-refractivity contribution >= 4 is 22.9 Å². The SMILES string of the molecule is Cc1csc(=NC(=O)NC2=C(c3ccc(-c4ncn(-c5ccc(OC(F)(F)F)cc5)n4)cc3)CCC2)n1-c1ccc(F)cc1C(C)C. The van der Waals surface area contributed by atoms with Gasteiger partial charge in [0.2, 0.25) is 0 Å². The number of alkyl halides is 3. The second-order valence-electron chi connectivity index (χ2n) is 11.3. The van der Waals surface area contributed by atoms with Crippen LogP contribution in [-0.4, -0.2) is 31.7 Å². The number of allylic oxidation sites excluding steroid dienone is 2. The van der Waals surface area contributed by atoms with E-state index in [0.717, 1.165) is 52.2 Å². The first-order valence-electron chi connectivity index (χ1n) is 14.9. The van der Waals surface area contributed by atoms with E-state index >= 15 is 0 Å². The molecule has 1 N–H and O–H groups in total. The van der Waals surface area contributed by atoms with Gasteiger partial charge in [-0.25, -0.2) is 18.9 Å². The van der Waals surface area contributed by atoms with Gasteiger partial charge < -0.3 is 10.1 Å². The molecule has 2 aromatic heterocycles. The Kier molecular flexibility index (Phi) is 8.82. The van der Waals surface area contributed by atoms with Crippen LogP contribution in [0, 0.1) is 12.7 Å². The summed E-state index contributed by atoms with van der Waals surface area (Å²) in [5, 5.41) is 9.39. The monoisotopic (exact) mass is 662 g/mol. The quantitative estimate of drug-likeness (QED) is 0.177. The van der Waals surface area contributed by atoms with E-state index in [1.165, 1.54) is 58.7 Å². The van der Waals surface area contributed by atoms with Crippen molar-refractivity contribution in [3.8, 4) is 28.5 Å². The Labute approximate surface area is 271 Å². The number of urea groups is 1. The lowest BCUT2D eigenvalue weighted by molar-refractivity contribution is -0.274. The van der Waals surface area contributed by atoms with E-state index in [0.29, 0.717) is 22.7 Å². The average molecular weight is 663 g/mol. The highest BCUT2D eigenvalue weighted by atomic mass is 32.1. The van der Waals surface area contributed by atoms with Gasteiger partial charge in [0, 0.05) is 22.3 Å². The molecule has 0 spiro atoms. The van der Waals surface area contributed by atoms with Gasteiger partial charge >= 0.3 is 12.4 Å². The molecule has 8 nitrogen and oxygen atoms in total. The first kappa shape index (κ1) is 31.9. The molecule has 0 fully saturated rings. The summed E-state index contributed by atoms with van der Waals surface area (Å²) >= 11 is 1.35. The molecule has 2 amide bonds. The number of ether oxygens (including phenoxy) is 1. The lowest BCUT2D eigenvalue weighted by Crippen LogP contribution is -2.24. The number of thiazole rings is 1.